The minimum absolute atomic E-state index is 0.143. The minimum atomic E-state index is -1.63. The maximum absolute atomic E-state index is 12.9. The number of esters is 2. The van der Waals surface area contributed by atoms with Crippen LogP contribution in [0.15, 0.2) is 85.1 Å². The largest absolute Gasteiger partial charge is 0.545 e. The minimum Gasteiger partial charge on any atom is -0.545 e. The van der Waals surface area contributed by atoms with Crippen molar-refractivity contribution in [3.8, 4) is 0 Å². The lowest BCUT2D eigenvalue weighted by atomic mass is 10.0. The molecule has 9 heteroatoms. The summed E-state index contributed by atoms with van der Waals surface area (Å²) in [4.78, 5) is 37.4. The van der Waals surface area contributed by atoms with E-state index < -0.39 is 24.3 Å². The van der Waals surface area contributed by atoms with Gasteiger partial charge < -0.3 is 33.3 Å². The molecule has 0 saturated heterocycles. The molecule has 2 unspecified atom stereocenters. The number of carboxylic acid groups (broad SMARTS) is 1. The van der Waals surface area contributed by atoms with Crippen molar-refractivity contribution < 1.29 is 42.9 Å². The second kappa shape index (κ2) is 56.7. The molecule has 0 bridgehead atoms. The number of allylic oxidation sites excluding steroid dienone is 14. The molecule has 75 heavy (non-hydrogen) atoms. The maximum Gasteiger partial charge on any atom is 0.306 e. The first-order chi connectivity index (χ1) is 36.6. The summed E-state index contributed by atoms with van der Waals surface area (Å²) in [5.41, 5.74) is 0. The zero-order valence-corrected chi connectivity index (χ0v) is 49.1. The van der Waals surface area contributed by atoms with Crippen molar-refractivity contribution in [2.45, 2.75) is 270 Å². The Morgan fingerprint density at radius 1 is 0.413 bits per heavy atom. The maximum atomic E-state index is 12.9. The van der Waals surface area contributed by atoms with E-state index in [1.807, 2.05) is 21.1 Å². The molecule has 0 radical (unpaired) electrons. The third-order valence-electron chi connectivity index (χ3n) is 13.1. The van der Waals surface area contributed by atoms with Crippen LogP contribution in [0.3, 0.4) is 0 Å². The van der Waals surface area contributed by atoms with Crippen LogP contribution in [0, 0.1) is 0 Å². The number of carboxylic acids is 1. The monoisotopic (exact) mass is 1050 g/mol. The Balaban J connectivity index is 4.23. The van der Waals surface area contributed by atoms with Gasteiger partial charge >= 0.3 is 11.9 Å². The highest BCUT2D eigenvalue weighted by molar-refractivity contribution is 5.70. The van der Waals surface area contributed by atoms with Crippen LogP contribution in [-0.4, -0.2) is 82.3 Å². The van der Waals surface area contributed by atoms with E-state index in [-0.39, 0.29) is 38.6 Å². The second-order valence-corrected chi connectivity index (χ2v) is 21.6. The molecule has 0 aliphatic rings. The first-order valence-electron chi connectivity index (χ1n) is 30.7. The summed E-state index contributed by atoms with van der Waals surface area (Å²) in [5.74, 6) is -2.29. The van der Waals surface area contributed by atoms with Gasteiger partial charge in [-0.15, -0.1) is 0 Å². The molecule has 0 N–H and O–H groups in total. The molecule has 0 aromatic rings. The summed E-state index contributed by atoms with van der Waals surface area (Å²) in [6, 6.07) is 0. The number of quaternary nitrogens is 1. The van der Waals surface area contributed by atoms with Crippen molar-refractivity contribution in [2.24, 2.45) is 0 Å². The molecule has 0 saturated carbocycles. The summed E-state index contributed by atoms with van der Waals surface area (Å²) in [6.07, 6.45) is 72.0. The highest BCUT2D eigenvalue weighted by Gasteiger charge is 2.22. The number of hydrogen-bond acceptors (Lipinski definition) is 8. The van der Waals surface area contributed by atoms with Crippen LogP contribution in [0.2, 0.25) is 0 Å². The lowest BCUT2D eigenvalue weighted by Gasteiger charge is -2.26. The van der Waals surface area contributed by atoms with Crippen molar-refractivity contribution >= 4 is 17.9 Å². The van der Waals surface area contributed by atoms with Crippen molar-refractivity contribution in [1.82, 2.24) is 0 Å². The topological polar surface area (TPSA) is 111 Å². The van der Waals surface area contributed by atoms with Gasteiger partial charge in [0.25, 0.3) is 0 Å². The van der Waals surface area contributed by atoms with Crippen LogP contribution in [-0.2, 0) is 33.3 Å². The van der Waals surface area contributed by atoms with Crippen LogP contribution in [0.1, 0.15) is 258 Å². The van der Waals surface area contributed by atoms with Crippen LogP contribution in [0.4, 0.5) is 0 Å². The summed E-state index contributed by atoms with van der Waals surface area (Å²) in [6.45, 7) is 4.63. The third kappa shape index (κ3) is 58.0. The zero-order chi connectivity index (χ0) is 54.8. The Morgan fingerprint density at radius 3 is 1.13 bits per heavy atom. The molecule has 0 amide bonds. The molecule has 432 valence electrons. The number of carbonyl (C=O) groups is 3. The van der Waals surface area contributed by atoms with E-state index in [0.717, 1.165) is 83.5 Å². The molecule has 2 atom stereocenters. The van der Waals surface area contributed by atoms with Crippen LogP contribution >= 0.6 is 0 Å². The Hall–Kier alpha value is -3.53. The number of unbranched alkanes of at least 4 members (excludes halogenated alkanes) is 27. The molecule has 0 spiro atoms. The van der Waals surface area contributed by atoms with Gasteiger partial charge in [0.2, 0.25) is 0 Å². The SMILES string of the molecule is CC/C=C\C/C=C\C/C=C\C/C=C\C/C=C\CCCCCCCCCCCC(=O)OC(COC(=O)CCCCCCCCCCCCCCC/C=C\C/C=C\CCCCCCC)COC(OCC[N+](C)(C)C)C(=O)[O-]. The fourth-order valence-electron chi connectivity index (χ4n) is 8.42. The number of hydrogen-bond donors (Lipinski definition) is 0. The van der Waals surface area contributed by atoms with E-state index in [9.17, 15) is 19.5 Å². The average Bonchev–Trinajstić information content (AvgIpc) is 3.38. The van der Waals surface area contributed by atoms with E-state index in [1.54, 1.807) is 0 Å². The van der Waals surface area contributed by atoms with E-state index in [4.69, 9.17) is 18.9 Å². The molecular formula is C66H115NO8. The molecule has 0 aliphatic heterocycles. The standard InChI is InChI=1S/C66H115NO8/c1-6-8-10-12-14-16-18-20-22-24-26-28-30-32-34-36-38-40-42-44-46-48-50-52-54-56-63(68)73-60-62(61-74-66(65(70)71)72-59-58-67(3,4)5)75-64(69)57-55-53-51-49-47-45-43-41-39-37-35-33-31-29-27-25-23-21-19-17-15-13-11-9-7-2/h9,11,15,17-18,20-21,23-24,26-27,29,33,35,62,66H,6-8,10,12-14,16,19,22,25,28,30-32,34,36-61H2,1-5H3/b11-9-,17-15-,20-18-,23-21-,26-24-,29-27-,35-33-. The zero-order valence-electron chi connectivity index (χ0n) is 49.1. The van der Waals surface area contributed by atoms with E-state index in [1.165, 1.54) is 141 Å². The summed E-state index contributed by atoms with van der Waals surface area (Å²) in [5, 5.41) is 11.8. The molecule has 0 aliphatic carbocycles. The number of aliphatic carboxylic acids is 1. The van der Waals surface area contributed by atoms with E-state index in [0.29, 0.717) is 17.4 Å². The second-order valence-electron chi connectivity index (χ2n) is 21.6. The molecule has 9 nitrogen and oxygen atoms in total. The van der Waals surface area contributed by atoms with Gasteiger partial charge in [0.05, 0.1) is 40.3 Å². The van der Waals surface area contributed by atoms with Crippen LogP contribution in [0.25, 0.3) is 0 Å². The highest BCUT2D eigenvalue weighted by atomic mass is 16.7. The lowest BCUT2D eigenvalue weighted by Crippen LogP contribution is -2.44. The van der Waals surface area contributed by atoms with Crippen molar-refractivity contribution in [2.75, 3.05) is 47.5 Å². The Labute approximate surface area is 461 Å². The summed E-state index contributed by atoms with van der Waals surface area (Å²) < 4.78 is 22.7. The molecule has 0 heterocycles. The van der Waals surface area contributed by atoms with Crippen LogP contribution < -0.4 is 5.11 Å². The summed E-state index contributed by atoms with van der Waals surface area (Å²) >= 11 is 0. The van der Waals surface area contributed by atoms with Gasteiger partial charge in [0, 0.05) is 12.8 Å². The molecule has 0 aromatic heterocycles. The first-order valence-corrected chi connectivity index (χ1v) is 30.7. The predicted octanol–water partition coefficient (Wildman–Crippen LogP) is 17.0. The van der Waals surface area contributed by atoms with E-state index >= 15 is 0 Å². The molecule has 0 rings (SSSR count). The van der Waals surface area contributed by atoms with Crippen molar-refractivity contribution in [3.05, 3.63) is 85.1 Å². The van der Waals surface area contributed by atoms with Gasteiger partial charge in [-0.25, -0.2) is 0 Å². The number of ether oxygens (including phenoxy) is 4. The molecular weight excluding hydrogens is 935 g/mol. The lowest BCUT2D eigenvalue weighted by molar-refractivity contribution is -0.870. The predicted molar refractivity (Wildman–Crippen MR) is 315 cm³/mol. The highest BCUT2D eigenvalue weighted by Crippen LogP contribution is 2.16. The third-order valence-corrected chi connectivity index (χ3v) is 13.1. The molecule has 0 fully saturated rings. The Bertz CT molecular complexity index is 1500. The summed E-state index contributed by atoms with van der Waals surface area (Å²) in [7, 11) is 5.92. The average molecular weight is 1050 g/mol. The van der Waals surface area contributed by atoms with Gasteiger partial charge in [-0.3, -0.25) is 9.59 Å². The quantitative estimate of drug-likeness (QED) is 0.0195. The van der Waals surface area contributed by atoms with Crippen molar-refractivity contribution in [3.63, 3.8) is 0 Å². The van der Waals surface area contributed by atoms with Crippen LogP contribution in [0.5, 0.6) is 0 Å². The molecule has 0 aromatic carbocycles. The van der Waals surface area contributed by atoms with Crippen molar-refractivity contribution in [1.29, 1.82) is 0 Å². The van der Waals surface area contributed by atoms with Gasteiger partial charge in [-0.05, 0) is 89.9 Å². The fraction of sp³-hybridized carbons (Fsp3) is 0.742. The number of rotatable bonds is 56. The first kappa shape index (κ1) is 71.5. The fourth-order valence-corrected chi connectivity index (χ4v) is 8.42. The van der Waals surface area contributed by atoms with Gasteiger partial charge in [-0.1, -0.05) is 240 Å². The Morgan fingerprint density at radius 2 is 0.760 bits per heavy atom. The normalized spacial score (nSPS) is 13.3. The van der Waals surface area contributed by atoms with Gasteiger partial charge in [0.15, 0.2) is 12.4 Å². The smallest absolute Gasteiger partial charge is 0.306 e. The number of likely N-dealkylation sites (N-methyl/N-ethyl adjacent to an activating group) is 1. The number of carbonyl (C=O) groups excluding carboxylic acids is 3. The number of nitrogens with zero attached hydrogens (tertiary/aromatic N) is 1. The Kier molecular flexibility index (Phi) is 54.0. The van der Waals surface area contributed by atoms with E-state index in [2.05, 4.69) is 98.9 Å². The van der Waals surface area contributed by atoms with Gasteiger partial charge in [0.1, 0.15) is 13.2 Å². The van der Waals surface area contributed by atoms with Gasteiger partial charge in [-0.2, -0.15) is 0 Å².